The second-order valence-corrected chi connectivity index (χ2v) is 15.5. The van der Waals surface area contributed by atoms with Crippen LogP contribution >= 0.6 is 0 Å². The number of benzene rings is 9. The molecule has 0 N–H and O–H groups in total. The third-order valence-electron chi connectivity index (χ3n) is 12.1. The molecule has 1 aliphatic carbocycles. The van der Waals surface area contributed by atoms with Crippen LogP contribution in [-0.2, 0) is 6.42 Å². The molecule has 4 heteroatoms. The summed E-state index contributed by atoms with van der Waals surface area (Å²) in [5.74, 6) is 1.95. The average Bonchev–Trinajstić information content (AvgIpc) is 3.59. The van der Waals surface area contributed by atoms with E-state index in [1.165, 1.54) is 49.4 Å². The number of furan rings is 1. The fraction of sp³-hybridized carbons (Fsp3) is 0.0556. The third kappa shape index (κ3) is 5.33. The Balaban J connectivity index is 1.14. The second kappa shape index (κ2) is 13.1. The number of fused-ring (bicyclic) bond motifs is 9. The first-order chi connectivity index (χ1) is 28.7. The molecule has 0 fully saturated rings. The van der Waals surface area contributed by atoms with Gasteiger partial charge in [0.15, 0.2) is 17.5 Å². The molecule has 1 atom stereocenters. The van der Waals surface area contributed by atoms with Crippen molar-refractivity contribution in [1.29, 1.82) is 0 Å². The van der Waals surface area contributed by atoms with Gasteiger partial charge in [-0.3, -0.25) is 0 Å². The van der Waals surface area contributed by atoms with Gasteiger partial charge in [0.1, 0.15) is 11.2 Å². The van der Waals surface area contributed by atoms with Crippen LogP contribution < -0.4 is 0 Å². The maximum atomic E-state index is 6.62. The van der Waals surface area contributed by atoms with Crippen molar-refractivity contribution >= 4 is 54.3 Å². The van der Waals surface area contributed by atoms with Crippen LogP contribution in [0, 0.1) is 0 Å². The summed E-state index contributed by atoms with van der Waals surface area (Å²) < 4.78 is 6.62. The normalized spacial score (nSPS) is 13.9. The highest BCUT2D eigenvalue weighted by atomic mass is 16.3. The fourth-order valence-electron chi connectivity index (χ4n) is 9.36. The Kier molecular flexibility index (Phi) is 7.39. The Morgan fingerprint density at radius 3 is 1.69 bits per heavy atom. The standard InChI is InChI=1S/C54H35N3O/c1-3-13-35-30-40(23-21-33(35)11-1)52-55-53(41-24-22-34-12-2-4-14-36(34)31-41)57-54(56-52)46-27-28-49-51(45-19-9-10-20-48(45)58-49)50(46)44-26-25-39-29-37-15-5-6-16-38(37)32-47(39)43-18-8-7-17-42(43)44/h1-24,27-32,44H,25-26H2/t44-/m0/s1. The minimum Gasteiger partial charge on any atom is -0.456 e. The smallest absolute Gasteiger partial charge is 0.164 e. The van der Waals surface area contributed by atoms with Crippen molar-refractivity contribution in [3.8, 4) is 45.3 Å². The molecule has 0 saturated heterocycles. The number of nitrogens with zero attached hydrogens (tertiary/aromatic N) is 3. The predicted octanol–water partition coefficient (Wildman–Crippen LogP) is 14.0. The van der Waals surface area contributed by atoms with Gasteiger partial charge in [-0.1, -0.05) is 146 Å². The van der Waals surface area contributed by atoms with Crippen molar-refractivity contribution < 1.29 is 4.42 Å². The molecule has 0 spiro atoms. The summed E-state index contributed by atoms with van der Waals surface area (Å²) in [6, 6.07) is 65.0. The number of rotatable bonds is 4. The molecule has 0 bridgehead atoms. The number of para-hydroxylation sites is 1. The molecule has 2 heterocycles. The van der Waals surface area contributed by atoms with Gasteiger partial charge in [0.05, 0.1) is 0 Å². The lowest BCUT2D eigenvalue weighted by atomic mass is 9.81. The van der Waals surface area contributed by atoms with Gasteiger partial charge in [-0.05, 0) is 109 Å². The first-order valence-electron chi connectivity index (χ1n) is 20.0. The van der Waals surface area contributed by atoms with Gasteiger partial charge in [-0.2, -0.15) is 0 Å². The Labute approximate surface area is 335 Å². The average molecular weight is 742 g/mol. The molecule has 12 rings (SSSR count). The van der Waals surface area contributed by atoms with E-state index in [1.54, 1.807) is 0 Å². The summed E-state index contributed by atoms with van der Waals surface area (Å²) >= 11 is 0. The Bertz CT molecular complexity index is 3340. The van der Waals surface area contributed by atoms with Gasteiger partial charge in [-0.25, -0.2) is 15.0 Å². The van der Waals surface area contributed by atoms with E-state index in [2.05, 4.69) is 176 Å². The lowest BCUT2D eigenvalue weighted by molar-refractivity contribution is 0.667. The van der Waals surface area contributed by atoms with Crippen molar-refractivity contribution in [3.05, 3.63) is 199 Å². The minimum atomic E-state index is 0.0245. The van der Waals surface area contributed by atoms with Crippen LogP contribution in [0.1, 0.15) is 29.0 Å². The highest BCUT2D eigenvalue weighted by Crippen LogP contribution is 2.49. The van der Waals surface area contributed by atoms with E-state index >= 15 is 0 Å². The molecule has 9 aromatic carbocycles. The molecule has 0 saturated carbocycles. The van der Waals surface area contributed by atoms with Crippen molar-refractivity contribution in [2.24, 2.45) is 0 Å². The number of aryl methyl sites for hydroxylation is 1. The van der Waals surface area contributed by atoms with E-state index in [9.17, 15) is 0 Å². The van der Waals surface area contributed by atoms with E-state index in [0.717, 1.165) is 62.2 Å². The van der Waals surface area contributed by atoms with Crippen molar-refractivity contribution in [2.45, 2.75) is 18.8 Å². The summed E-state index contributed by atoms with van der Waals surface area (Å²) in [6.07, 6.45) is 1.83. The SMILES string of the molecule is c1ccc2c(c1)-c1cc3ccccc3cc1CC[C@@H]2c1c(-c2nc(-c3ccc4ccccc4c3)nc(-c3ccc4ccccc4c3)n2)ccc2oc3ccccc3c12. The molecule has 0 radical (unpaired) electrons. The summed E-state index contributed by atoms with van der Waals surface area (Å²) in [5.41, 5.74) is 11.1. The van der Waals surface area contributed by atoms with E-state index in [4.69, 9.17) is 19.4 Å². The van der Waals surface area contributed by atoms with Crippen LogP contribution in [0.25, 0.3) is 99.5 Å². The fourth-order valence-corrected chi connectivity index (χ4v) is 9.36. The third-order valence-corrected chi connectivity index (χ3v) is 12.1. The summed E-state index contributed by atoms with van der Waals surface area (Å²) in [4.78, 5) is 16.0. The van der Waals surface area contributed by atoms with Crippen molar-refractivity contribution in [1.82, 2.24) is 15.0 Å². The van der Waals surface area contributed by atoms with Gasteiger partial charge in [-0.15, -0.1) is 0 Å². The van der Waals surface area contributed by atoms with Crippen molar-refractivity contribution in [2.75, 3.05) is 0 Å². The Hall–Kier alpha value is -7.43. The quantitative estimate of drug-likeness (QED) is 0.180. The molecular formula is C54H35N3O. The monoisotopic (exact) mass is 741 g/mol. The molecule has 4 nitrogen and oxygen atoms in total. The van der Waals surface area contributed by atoms with Gasteiger partial charge >= 0.3 is 0 Å². The zero-order chi connectivity index (χ0) is 38.2. The van der Waals surface area contributed by atoms with Crippen LogP contribution in [-0.4, -0.2) is 15.0 Å². The topological polar surface area (TPSA) is 51.8 Å². The minimum absolute atomic E-state index is 0.0245. The maximum absolute atomic E-state index is 6.62. The van der Waals surface area contributed by atoms with Crippen molar-refractivity contribution in [3.63, 3.8) is 0 Å². The summed E-state index contributed by atoms with van der Waals surface area (Å²) in [5, 5.41) is 9.37. The molecule has 1 aliphatic rings. The first kappa shape index (κ1) is 32.8. The molecule has 272 valence electrons. The van der Waals surface area contributed by atoms with E-state index in [0.29, 0.717) is 17.5 Å². The van der Waals surface area contributed by atoms with E-state index in [1.807, 2.05) is 6.07 Å². The molecule has 0 amide bonds. The molecule has 0 unspecified atom stereocenters. The highest BCUT2D eigenvalue weighted by Gasteiger charge is 2.30. The molecule has 2 aromatic heterocycles. The van der Waals surface area contributed by atoms with Gasteiger partial charge in [0, 0.05) is 33.4 Å². The maximum Gasteiger partial charge on any atom is 0.164 e. The summed E-state index contributed by atoms with van der Waals surface area (Å²) in [6.45, 7) is 0. The summed E-state index contributed by atoms with van der Waals surface area (Å²) in [7, 11) is 0. The lowest BCUT2D eigenvalue weighted by Gasteiger charge is -2.23. The Morgan fingerprint density at radius 1 is 0.414 bits per heavy atom. The molecule has 0 aliphatic heterocycles. The number of hydrogen-bond acceptors (Lipinski definition) is 4. The van der Waals surface area contributed by atoms with E-state index in [-0.39, 0.29) is 5.92 Å². The van der Waals surface area contributed by atoms with Gasteiger partial charge in [0.25, 0.3) is 0 Å². The zero-order valence-electron chi connectivity index (χ0n) is 31.6. The Morgan fingerprint density at radius 2 is 0.983 bits per heavy atom. The highest BCUT2D eigenvalue weighted by molar-refractivity contribution is 6.09. The predicted molar refractivity (Wildman–Crippen MR) is 238 cm³/mol. The van der Waals surface area contributed by atoms with Crippen LogP contribution in [0.3, 0.4) is 0 Å². The van der Waals surface area contributed by atoms with Gasteiger partial charge in [0.2, 0.25) is 0 Å². The molecular weight excluding hydrogens is 707 g/mol. The molecule has 58 heavy (non-hydrogen) atoms. The van der Waals surface area contributed by atoms with Crippen LogP contribution in [0.2, 0.25) is 0 Å². The van der Waals surface area contributed by atoms with Gasteiger partial charge < -0.3 is 4.42 Å². The van der Waals surface area contributed by atoms with E-state index < -0.39 is 0 Å². The second-order valence-electron chi connectivity index (χ2n) is 15.5. The largest absolute Gasteiger partial charge is 0.456 e. The number of hydrogen-bond donors (Lipinski definition) is 0. The number of aromatic nitrogens is 3. The lowest BCUT2D eigenvalue weighted by Crippen LogP contribution is -2.08. The van der Waals surface area contributed by atoms with Crippen LogP contribution in [0.5, 0.6) is 0 Å². The van der Waals surface area contributed by atoms with Crippen LogP contribution in [0.15, 0.2) is 186 Å². The zero-order valence-corrected chi connectivity index (χ0v) is 31.6. The van der Waals surface area contributed by atoms with Crippen LogP contribution in [0.4, 0.5) is 0 Å². The molecule has 11 aromatic rings. The first-order valence-corrected chi connectivity index (χ1v) is 20.0.